The van der Waals surface area contributed by atoms with E-state index in [2.05, 4.69) is 11.1 Å². The fourth-order valence-electron chi connectivity index (χ4n) is 1.86. The zero-order valence-corrected chi connectivity index (χ0v) is 9.22. The van der Waals surface area contributed by atoms with Crippen molar-refractivity contribution in [3.8, 4) is 6.07 Å². The maximum atomic E-state index is 11.7. The first kappa shape index (κ1) is 10.9. The van der Waals surface area contributed by atoms with E-state index in [0.29, 0.717) is 25.3 Å². The largest absolute Gasteiger partial charge is 0.299 e. The Balaban J connectivity index is 2.05. The minimum Gasteiger partial charge on any atom is -0.299 e. The molecular formula is C12H15N3O. The first-order valence-corrected chi connectivity index (χ1v) is 5.74. The molecule has 1 aliphatic carbocycles. The van der Waals surface area contributed by atoms with Gasteiger partial charge in [0, 0.05) is 24.9 Å². The molecule has 1 aliphatic rings. The van der Waals surface area contributed by atoms with Crippen LogP contribution in [0.5, 0.6) is 0 Å². The molecule has 0 radical (unpaired) electrons. The Kier molecular flexibility index (Phi) is 3.35. The van der Waals surface area contributed by atoms with Gasteiger partial charge in [-0.25, -0.2) is 4.98 Å². The van der Waals surface area contributed by atoms with E-state index in [-0.39, 0.29) is 5.56 Å². The minimum absolute atomic E-state index is 0.00911. The van der Waals surface area contributed by atoms with E-state index < -0.39 is 0 Å². The highest BCUT2D eigenvalue weighted by Crippen LogP contribution is 2.34. The lowest BCUT2D eigenvalue weighted by atomic mass is 9.83. The molecule has 1 saturated carbocycles. The molecule has 0 unspecified atom stereocenters. The number of unbranched alkanes of at least 4 members (excludes halogenated alkanes) is 1. The van der Waals surface area contributed by atoms with Crippen LogP contribution in [0.3, 0.4) is 0 Å². The summed E-state index contributed by atoms with van der Waals surface area (Å²) in [6.45, 7) is 0.588. The molecule has 1 heterocycles. The second kappa shape index (κ2) is 4.93. The second-order valence-electron chi connectivity index (χ2n) is 4.23. The van der Waals surface area contributed by atoms with E-state index in [0.717, 1.165) is 18.5 Å². The Labute approximate surface area is 94.5 Å². The van der Waals surface area contributed by atoms with Gasteiger partial charge in [0.05, 0.1) is 18.1 Å². The highest BCUT2D eigenvalue weighted by atomic mass is 16.1. The van der Waals surface area contributed by atoms with E-state index >= 15 is 0 Å². The van der Waals surface area contributed by atoms with Gasteiger partial charge in [0.15, 0.2) is 0 Å². The molecule has 0 amide bonds. The summed E-state index contributed by atoms with van der Waals surface area (Å²) in [5.41, 5.74) is 0.947. The highest BCUT2D eigenvalue weighted by molar-refractivity contribution is 5.09. The van der Waals surface area contributed by atoms with Crippen molar-refractivity contribution in [2.24, 2.45) is 0 Å². The van der Waals surface area contributed by atoms with Crippen molar-refractivity contribution in [2.45, 2.75) is 44.6 Å². The summed E-state index contributed by atoms with van der Waals surface area (Å²) < 4.78 is 1.58. The van der Waals surface area contributed by atoms with Crippen LogP contribution in [-0.4, -0.2) is 9.55 Å². The number of nitriles is 1. The number of rotatable bonds is 4. The summed E-state index contributed by atoms with van der Waals surface area (Å²) in [7, 11) is 0. The lowest BCUT2D eigenvalue weighted by Crippen LogP contribution is -2.23. The number of aromatic nitrogens is 2. The van der Waals surface area contributed by atoms with Crippen molar-refractivity contribution in [2.75, 3.05) is 0 Å². The zero-order chi connectivity index (χ0) is 11.4. The number of aryl methyl sites for hydroxylation is 1. The third-order valence-electron chi connectivity index (χ3n) is 3.11. The summed E-state index contributed by atoms with van der Waals surface area (Å²) in [6.07, 6.45) is 6.37. The first-order chi connectivity index (χ1) is 7.81. The van der Waals surface area contributed by atoms with Gasteiger partial charge in [-0.1, -0.05) is 6.42 Å². The number of nitrogens with zero attached hydrogens (tertiary/aromatic N) is 3. The molecule has 0 N–H and O–H groups in total. The topological polar surface area (TPSA) is 58.7 Å². The maximum Gasteiger partial charge on any atom is 0.253 e. The first-order valence-electron chi connectivity index (χ1n) is 5.74. The molecule has 1 aromatic rings. The Morgan fingerprint density at radius 2 is 2.38 bits per heavy atom. The van der Waals surface area contributed by atoms with Crippen LogP contribution in [0.15, 0.2) is 17.2 Å². The Bertz CT molecular complexity index is 454. The fraction of sp³-hybridized carbons (Fsp3) is 0.583. The molecule has 16 heavy (non-hydrogen) atoms. The van der Waals surface area contributed by atoms with Crippen molar-refractivity contribution < 1.29 is 0 Å². The van der Waals surface area contributed by atoms with E-state index in [1.807, 2.05) is 0 Å². The Hall–Kier alpha value is -1.63. The number of hydrogen-bond donors (Lipinski definition) is 0. The van der Waals surface area contributed by atoms with Gasteiger partial charge in [0.1, 0.15) is 0 Å². The molecule has 4 nitrogen and oxygen atoms in total. The van der Waals surface area contributed by atoms with Crippen LogP contribution in [0.1, 0.15) is 43.7 Å². The van der Waals surface area contributed by atoms with Crippen molar-refractivity contribution >= 4 is 0 Å². The average Bonchev–Trinajstić information content (AvgIpc) is 2.19. The van der Waals surface area contributed by atoms with E-state index in [1.54, 1.807) is 17.0 Å². The lowest BCUT2D eigenvalue weighted by Gasteiger charge is -2.24. The third kappa shape index (κ3) is 2.30. The summed E-state index contributed by atoms with van der Waals surface area (Å²) in [5.74, 6) is 0.501. The van der Waals surface area contributed by atoms with E-state index in [4.69, 9.17) is 5.26 Å². The molecule has 4 heteroatoms. The molecule has 0 spiro atoms. The van der Waals surface area contributed by atoms with Crippen LogP contribution in [0.25, 0.3) is 0 Å². The quantitative estimate of drug-likeness (QED) is 0.723. The van der Waals surface area contributed by atoms with Gasteiger partial charge < -0.3 is 0 Å². The van der Waals surface area contributed by atoms with Crippen LogP contribution in [0.4, 0.5) is 0 Å². The molecule has 0 saturated heterocycles. The van der Waals surface area contributed by atoms with Crippen LogP contribution < -0.4 is 5.56 Å². The molecular weight excluding hydrogens is 202 g/mol. The third-order valence-corrected chi connectivity index (χ3v) is 3.11. The van der Waals surface area contributed by atoms with Crippen LogP contribution in [0.2, 0.25) is 0 Å². The molecule has 0 atom stereocenters. The normalized spacial score (nSPS) is 15.4. The fourth-order valence-corrected chi connectivity index (χ4v) is 1.86. The summed E-state index contributed by atoms with van der Waals surface area (Å²) in [6, 6.07) is 3.72. The van der Waals surface area contributed by atoms with Gasteiger partial charge in [-0.3, -0.25) is 9.36 Å². The second-order valence-corrected chi connectivity index (χ2v) is 4.23. The van der Waals surface area contributed by atoms with Gasteiger partial charge >= 0.3 is 0 Å². The van der Waals surface area contributed by atoms with Crippen LogP contribution >= 0.6 is 0 Å². The SMILES string of the molecule is N#CCCCn1cnc(C2CCC2)cc1=O. The van der Waals surface area contributed by atoms with Crippen molar-refractivity contribution in [1.29, 1.82) is 5.26 Å². The maximum absolute atomic E-state index is 11.7. The Morgan fingerprint density at radius 3 is 2.94 bits per heavy atom. The zero-order valence-electron chi connectivity index (χ0n) is 9.22. The standard InChI is InChI=1S/C12H15N3O/c13-6-1-2-7-15-9-14-11(8-12(15)16)10-4-3-5-10/h8-10H,1-5,7H2. The van der Waals surface area contributed by atoms with Crippen molar-refractivity contribution in [1.82, 2.24) is 9.55 Å². The molecule has 1 fully saturated rings. The van der Waals surface area contributed by atoms with Crippen molar-refractivity contribution in [3.63, 3.8) is 0 Å². The molecule has 0 aliphatic heterocycles. The van der Waals surface area contributed by atoms with Gasteiger partial charge in [-0.05, 0) is 19.3 Å². The molecule has 84 valence electrons. The highest BCUT2D eigenvalue weighted by Gasteiger charge is 2.21. The summed E-state index contributed by atoms with van der Waals surface area (Å²) in [5, 5.41) is 8.42. The summed E-state index contributed by atoms with van der Waals surface area (Å²) in [4.78, 5) is 16.0. The van der Waals surface area contributed by atoms with Gasteiger partial charge in [-0.15, -0.1) is 0 Å². The smallest absolute Gasteiger partial charge is 0.253 e. The predicted molar refractivity (Wildman–Crippen MR) is 59.9 cm³/mol. The molecule has 2 rings (SSSR count). The summed E-state index contributed by atoms with van der Waals surface area (Å²) >= 11 is 0. The lowest BCUT2D eigenvalue weighted by molar-refractivity contribution is 0.408. The molecule has 0 aromatic carbocycles. The molecule has 1 aromatic heterocycles. The number of hydrogen-bond acceptors (Lipinski definition) is 3. The van der Waals surface area contributed by atoms with Gasteiger partial charge in [0.2, 0.25) is 0 Å². The van der Waals surface area contributed by atoms with Crippen molar-refractivity contribution in [3.05, 3.63) is 28.4 Å². The Morgan fingerprint density at radius 1 is 1.56 bits per heavy atom. The minimum atomic E-state index is 0.00911. The van der Waals surface area contributed by atoms with Crippen LogP contribution in [0, 0.1) is 11.3 Å². The van der Waals surface area contributed by atoms with E-state index in [9.17, 15) is 4.79 Å². The predicted octanol–water partition coefficient (Wildman–Crippen LogP) is 1.81. The van der Waals surface area contributed by atoms with E-state index in [1.165, 1.54) is 6.42 Å². The van der Waals surface area contributed by atoms with Gasteiger partial charge in [0.25, 0.3) is 5.56 Å². The monoisotopic (exact) mass is 217 g/mol. The van der Waals surface area contributed by atoms with Crippen LogP contribution in [-0.2, 0) is 6.54 Å². The van der Waals surface area contributed by atoms with Gasteiger partial charge in [-0.2, -0.15) is 5.26 Å². The average molecular weight is 217 g/mol. The molecule has 0 bridgehead atoms.